The monoisotopic (exact) mass is 294 g/mol. The molecule has 0 saturated carbocycles. The molecule has 3 heteroatoms. The Morgan fingerprint density at radius 3 is 1.43 bits per heavy atom. The SMILES string of the molecule is C=CCCCCCCC(=O)OC(=O)CCCCCCC=C. The molecule has 0 fully saturated rings. The minimum Gasteiger partial charge on any atom is -0.393 e. The minimum atomic E-state index is -0.379. The Balaban J connectivity index is 3.41. The number of ether oxygens (including phenoxy) is 1. The van der Waals surface area contributed by atoms with Crippen LogP contribution >= 0.6 is 0 Å². The number of esters is 2. The van der Waals surface area contributed by atoms with Crippen LogP contribution in [0.5, 0.6) is 0 Å². The Bertz CT molecular complexity index is 278. The number of hydrogen-bond donors (Lipinski definition) is 0. The smallest absolute Gasteiger partial charge is 0.313 e. The largest absolute Gasteiger partial charge is 0.393 e. The molecule has 120 valence electrons. The Kier molecular flexibility index (Phi) is 14.0. The van der Waals surface area contributed by atoms with Gasteiger partial charge in [-0.1, -0.05) is 37.8 Å². The van der Waals surface area contributed by atoms with Crippen molar-refractivity contribution in [3.8, 4) is 0 Å². The molecule has 0 aromatic rings. The maximum Gasteiger partial charge on any atom is 0.313 e. The van der Waals surface area contributed by atoms with Crippen LogP contribution in [0.1, 0.15) is 77.0 Å². The number of carbonyl (C=O) groups excluding carboxylic acids is 2. The first-order chi connectivity index (χ1) is 10.2. The molecular weight excluding hydrogens is 264 g/mol. The molecule has 0 saturated heterocycles. The van der Waals surface area contributed by atoms with Gasteiger partial charge in [0.15, 0.2) is 0 Å². The maximum absolute atomic E-state index is 11.4. The van der Waals surface area contributed by atoms with Gasteiger partial charge in [0.25, 0.3) is 0 Å². The summed E-state index contributed by atoms with van der Waals surface area (Å²) in [4.78, 5) is 22.9. The fourth-order valence-corrected chi connectivity index (χ4v) is 2.05. The van der Waals surface area contributed by atoms with Crippen molar-refractivity contribution < 1.29 is 14.3 Å². The van der Waals surface area contributed by atoms with Crippen molar-refractivity contribution in [1.82, 2.24) is 0 Å². The normalized spacial score (nSPS) is 10.1. The van der Waals surface area contributed by atoms with Gasteiger partial charge in [0.2, 0.25) is 0 Å². The fraction of sp³-hybridized carbons (Fsp3) is 0.667. The molecule has 0 rings (SSSR count). The highest BCUT2D eigenvalue weighted by Gasteiger charge is 2.09. The van der Waals surface area contributed by atoms with Gasteiger partial charge < -0.3 is 4.74 Å². The highest BCUT2D eigenvalue weighted by Crippen LogP contribution is 2.09. The summed E-state index contributed by atoms with van der Waals surface area (Å²) in [5, 5.41) is 0. The highest BCUT2D eigenvalue weighted by atomic mass is 16.6. The molecular formula is C18H30O3. The number of carbonyl (C=O) groups is 2. The van der Waals surface area contributed by atoms with Gasteiger partial charge in [0, 0.05) is 12.8 Å². The van der Waals surface area contributed by atoms with E-state index >= 15 is 0 Å². The molecule has 0 bridgehead atoms. The summed E-state index contributed by atoms with van der Waals surface area (Å²) in [6.07, 6.45) is 14.6. The maximum atomic E-state index is 11.4. The summed E-state index contributed by atoms with van der Waals surface area (Å²) >= 11 is 0. The lowest BCUT2D eigenvalue weighted by atomic mass is 10.1. The van der Waals surface area contributed by atoms with Crippen LogP contribution in [0.15, 0.2) is 25.3 Å². The van der Waals surface area contributed by atoms with Gasteiger partial charge in [0.1, 0.15) is 0 Å². The molecule has 0 aromatic heterocycles. The topological polar surface area (TPSA) is 43.4 Å². The minimum absolute atomic E-state index is 0.346. The van der Waals surface area contributed by atoms with E-state index in [0.717, 1.165) is 64.2 Å². The first-order valence-electron chi connectivity index (χ1n) is 8.16. The van der Waals surface area contributed by atoms with Crippen molar-refractivity contribution in [2.75, 3.05) is 0 Å². The van der Waals surface area contributed by atoms with Crippen molar-refractivity contribution in [2.45, 2.75) is 77.0 Å². The van der Waals surface area contributed by atoms with Gasteiger partial charge in [-0.3, -0.25) is 9.59 Å². The van der Waals surface area contributed by atoms with Crippen molar-refractivity contribution >= 4 is 11.9 Å². The summed E-state index contributed by atoms with van der Waals surface area (Å²) in [5.41, 5.74) is 0. The average Bonchev–Trinajstić information content (AvgIpc) is 2.46. The zero-order valence-electron chi connectivity index (χ0n) is 13.3. The summed E-state index contributed by atoms with van der Waals surface area (Å²) in [7, 11) is 0. The van der Waals surface area contributed by atoms with E-state index in [0.29, 0.717) is 12.8 Å². The van der Waals surface area contributed by atoms with Crippen LogP contribution in [0.3, 0.4) is 0 Å². The zero-order chi connectivity index (χ0) is 15.8. The number of hydrogen-bond acceptors (Lipinski definition) is 3. The molecule has 0 aliphatic carbocycles. The third kappa shape index (κ3) is 14.8. The molecule has 21 heavy (non-hydrogen) atoms. The van der Waals surface area contributed by atoms with E-state index in [1.165, 1.54) is 0 Å². The second kappa shape index (κ2) is 15.0. The Hall–Kier alpha value is -1.38. The number of rotatable bonds is 14. The van der Waals surface area contributed by atoms with Crippen LogP contribution in [0.2, 0.25) is 0 Å². The molecule has 0 amide bonds. The van der Waals surface area contributed by atoms with Gasteiger partial charge >= 0.3 is 11.9 Å². The van der Waals surface area contributed by atoms with Gasteiger partial charge in [-0.15, -0.1) is 13.2 Å². The number of unbranched alkanes of at least 4 members (excludes halogenated alkanes) is 8. The van der Waals surface area contributed by atoms with E-state index in [4.69, 9.17) is 4.74 Å². The summed E-state index contributed by atoms with van der Waals surface area (Å²) < 4.78 is 4.80. The van der Waals surface area contributed by atoms with Gasteiger partial charge in [0.05, 0.1) is 0 Å². The van der Waals surface area contributed by atoms with Crippen LogP contribution in [-0.4, -0.2) is 11.9 Å². The predicted molar refractivity (Wildman–Crippen MR) is 86.9 cm³/mol. The van der Waals surface area contributed by atoms with E-state index in [2.05, 4.69) is 13.2 Å². The van der Waals surface area contributed by atoms with Crippen molar-refractivity contribution in [1.29, 1.82) is 0 Å². The summed E-state index contributed by atoms with van der Waals surface area (Å²) in [6.45, 7) is 7.34. The second-order valence-corrected chi connectivity index (χ2v) is 5.33. The lowest BCUT2D eigenvalue weighted by Crippen LogP contribution is -2.11. The highest BCUT2D eigenvalue weighted by molar-refractivity contribution is 5.85. The van der Waals surface area contributed by atoms with Crippen molar-refractivity contribution in [3.63, 3.8) is 0 Å². The third-order valence-electron chi connectivity index (χ3n) is 3.31. The molecule has 0 atom stereocenters. The third-order valence-corrected chi connectivity index (χ3v) is 3.31. The van der Waals surface area contributed by atoms with Crippen molar-refractivity contribution in [2.24, 2.45) is 0 Å². The van der Waals surface area contributed by atoms with E-state index in [1.807, 2.05) is 12.2 Å². The molecule has 3 nitrogen and oxygen atoms in total. The van der Waals surface area contributed by atoms with Crippen LogP contribution in [0, 0.1) is 0 Å². The van der Waals surface area contributed by atoms with E-state index in [-0.39, 0.29) is 11.9 Å². The fourth-order valence-electron chi connectivity index (χ4n) is 2.05. The molecule has 0 aromatic carbocycles. The molecule has 0 aliphatic heterocycles. The lowest BCUT2D eigenvalue weighted by Gasteiger charge is -2.03. The Labute approximate surface area is 129 Å². The standard InChI is InChI=1S/C18H30O3/c1-3-5-7-9-11-13-15-17(19)21-18(20)16-14-12-10-8-6-4-2/h3-4H,1-2,5-16H2. The molecule has 0 radical (unpaired) electrons. The van der Waals surface area contributed by atoms with Crippen molar-refractivity contribution in [3.05, 3.63) is 25.3 Å². The van der Waals surface area contributed by atoms with Gasteiger partial charge in [-0.2, -0.15) is 0 Å². The van der Waals surface area contributed by atoms with E-state index < -0.39 is 0 Å². The molecule has 0 N–H and O–H groups in total. The molecule has 0 spiro atoms. The first kappa shape index (κ1) is 19.6. The second-order valence-electron chi connectivity index (χ2n) is 5.33. The average molecular weight is 294 g/mol. The van der Waals surface area contributed by atoms with Crippen LogP contribution < -0.4 is 0 Å². The van der Waals surface area contributed by atoms with Gasteiger partial charge in [-0.05, 0) is 38.5 Å². The molecule has 0 unspecified atom stereocenters. The summed E-state index contributed by atoms with van der Waals surface area (Å²) in [5.74, 6) is -0.759. The van der Waals surface area contributed by atoms with Crippen LogP contribution in [-0.2, 0) is 14.3 Å². The van der Waals surface area contributed by atoms with Crippen LogP contribution in [0.4, 0.5) is 0 Å². The van der Waals surface area contributed by atoms with Crippen LogP contribution in [0.25, 0.3) is 0 Å². The summed E-state index contributed by atoms with van der Waals surface area (Å²) in [6, 6.07) is 0. The first-order valence-corrected chi connectivity index (χ1v) is 8.16. The van der Waals surface area contributed by atoms with Gasteiger partial charge in [-0.25, -0.2) is 0 Å². The quantitative estimate of drug-likeness (QED) is 0.193. The zero-order valence-corrected chi connectivity index (χ0v) is 13.3. The van der Waals surface area contributed by atoms with E-state index in [9.17, 15) is 9.59 Å². The Morgan fingerprint density at radius 2 is 1.05 bits per heavy atom. The lowest BCUT2D eigenvalue weighted by molar-refractivity contribution is -0.159. The molecule has 0 heterocycles. The number of allylic oxidation sites excluding steroid dienone is 2. The molecule has 0 aliphatic rings. The van der Waals surface area contributed by atoms with E-state index in [1.54, 1.807) is 0 Å². The Morgan fingerprint density at radius 1 is 0.667 bits per heavy atom. The predicted octanol–water partition coefficient (Wildman–Crippen LogP) is 5.11.